The first-order chi connectivity index (χ1) is 9.01. The van der Waals surface area contributed by atoms with Crippen molar-refractivity contribution in [2.75, 3.05) is 6.54 Å². The van der Waals surface area contributed by atoms with E-state index in [1.165, 1.54) is 12.3 Å². The van der Waals surface area contributed by atoms with Gasteiger partial charge in [-0.15, -0.1) is 0 Å². The van der Waals surface area contributed by atoms with Crippen LogP contribution in [-0.2, 0) is 23.0 Å². The molecule has 0 fully saturated rings. The van der Waals surface area contributed by atoms with E-state index in [1.54, 1.807) is 6.92 Å². The topological polar surface area (TPSA) is 127 Å². The Bertz CT molecular complexity index is 646. The monoisotopic (exact) mass is 285 g/mol. The Morgan fingerprint density at radius 3 is 2.89 bits per heavy atom. The number of rotatable bonds is 6. The van der Waals surface area contributed by atoms with E-state index in [9.17, 15) is 8.42 Å². The Morgan fingerprint density at radius 1 is 1.53 bits per heavy atom. The quantitative estimate of drug-likeness (QED) is 0.668. The molecular formula is C10H15N5O3S. The molecule has 0 aromatic carbocycles. The number of hydrogen-bond donors (Lipinski definition) is 3. The summed E-state index contributed by atoms with van der Waals surface area (Å²) in [7, 11) is -3.54. The van der Waals surface area contributed by atoms with Crippen LogP contribution in [0, 0.1) is 6.92 Å². The molecule has 2 rings (SSSR count). The SMILES string of the molecule is Cc1nc(CCNS(=O)(=O)c2c[nH]c(CN)c2)no1. The summed E-state index contributed by atoms with van der Waals surface area (Å²) in [5.41, 5.74) is 6.07. The Labute approximate surface area is 110 Å². The van der Waals surface area contributed by atoms with E-state index in [0.717, 1.165) is 0 Å². The average molecular weight is 285 g/mol. The highest BCUT2D eigenvalue weighted by molar-refractivity contribution is 7.89. The van der Waals surface area contributed by atoms with E-state index in [2.05, 4.69) is 19.8 Å². The average Bonchev–Trinajstić information content (AvgIpc) is 2.98. The van der Waals surface area contributed by atoms with Crippen LogP contribution in [0.3, 0.4) is 0 Å². The third-order valence-corrected chi connectivity index (χ3v) is 3.90. The van der Waals surface area contributed by atoms with Crippen molar-refractivity contribution in [3.8, 4) is 0 Å². The largest absolute Gasteiger partial charge is 0.363 e. The third kappa shape index (κ3) is 3.40. The van der Waals surface area contributed by atoms with E-state index in [0.29, 0.717) is 23.8 Å². The van der Waals surface area contributed by atoms with Gasteiger partial charge in [0.25, 0.3) is 0 Å². The van der Waals surface area contributed by atoms with Gasteiger partial charge in [-0.05, 0) is 6.07 Å². The van der Waals surface area contributed by atoms with E-state index in [4.69, 9.17) is 10.3 Å². The number of aromatic nitrogens is 3. The lowest BCUT2D eigenvalue weighted by molar-refractivity contribution is 0.387. The molecule has 0 aliphatic heterocycles. The Kier molecular flexibility index (Phi) is 3.98. The first kappa shape index (κ1) is 13.7. The smallest absolute Gasteiger partial charge is 0.242 e. The molecule has 104 valence electrons. The number of nitrogens with two attached hydrogens (primary N) is 1. The molecule has 0 unspecified atom stereocenters. The molecule has 0 saturated carbocycles. The second-order valence-electron chi connectivity index (χ2n) is 3.94. The molecule has 2 heterocycles. The van der Waals surface area contributed by atoms with E-state index >= 15 is 0 Å². The second kappa shape index (κ2) is 5.51. The van der Waals surface area contributed by atoms with Crippen molar-refractivity contribution in [3.05, 3.63) is 29.7 Å². The van der Waals surface area contributed by atoms with E-state index < -0.39 is 10.0 Å². The number of aromatic amines is 1. The van der Waals surface area contributed by atoms with E-state index in [1.807, 2.05) is 0 Å². The summed E-state index contributed by atoms with van der Waals surface area (Å²) in [5.74, 6) is 0.924. The van der Waals surface area contributed by atoms with Crippen LogP contribution in [0.1, 0.15) is 17.4 Å². The summed E-state index contributed by atoms with van der Waals surface area (Å²) in [4.78, 5) is 6.94. The Balaban J connectivity index is 1.94. The highest BCUT2D eigenvalue weighted by Gasteiger charge is 2.15. The van der Waals surface area contributed by atoms with Gasteiger partial charge in [0, 0.05) is 38.3 Å². The van der Waals surface area contributed by atoms with Crippen molar-refractivity contribution in [1.82, 2.24) is 19.8 Å². The fourth-order valence-electron chi connectivity index (χ4n) is 1.52. The zero-order chi connectivity index (χ0) is 13.9. The predicted molar refractivity (Wildman–Crippen MR) is 66.6 cm³/mol. The summed E-state index contributed by atoms with van der Waals surface area (Å²) >= 11 is 0. The lowest BCUT2D eigenvalue weighted by atomic mass is 10.4. The molecule has 4 N–H and O–H groups in total. The van der Waals surface area contributed by atoms with Gasteiger partial charge in [0.1, 0.15) is 0 Å². The van der Waals surface area contributed by atoms with Crippen LogP contribution in [0.2, 0.25) is 0 Å². The van der Waals surface area contributed by atoms with Crippen molar-refractivity contribution in [3.63, 3.8) is 0 Å². The van der Waals surface area contributed by atoms with Crippen LogP contribution in [0.4, 0.5) is 0 Å². The minimum atomic E-state index is -3.54. The minimum Gasteiger partial charge on any atom is -0.363 e. The summed E-state index contributed by atoms with van der Waals surface area (Å²) in [6, 6.07) is 1.50. The van der Waals surface area contributed by atoms with Crippen LogP contribution in [0.5, 0.6) is 0 Å². The molecule has 0 radical (unpaired) electrons. The van der Waals surface area contributed by atoms with Crippen molar-refractivity contribution in [1.29, 1.82) is 0 Å². The molecule has 8 nitrogen and oxygen atoms in total. The maximum Gasteiger partial charge on any atom is 0.242 e. The fourth-order valence-corrected chi connectivity index (χ4v) is 2.56. The molecule has 0 amide bonds. The summed E-state index contributed by atoms with van der Waals surface area (Å²) < 4.78 is 31.1. The molecule has 19 heavy (non-hydrogen) atoms. The Morgan fingerprint density at radius 2 is 2.32 bits per heavy atom. The van der Waals surface area contributed by atoms with Gasteiger partial charge >= 0.3 is 0 Å². The van der Waals surface area contributed by atoms with E-state index in [-0.39, 0.29) is 18.0 Å². The number of nitrogens with zero attached hydrogens (tertiary/aromatic N) is 2. The molecule has 0 atom stereocenters. The van der Waals surface area contributed by atoms with Crippen molar-refractivity contribution in [2.24, 2.45) is 5.73 Å². The van der Waals surface area contributed by atoms with Gasteiger partial charge in [0.05, 0.1) is 4.90 Å². The molecule has 2 aromatic rings. The molecule has 9 heteroatoms. The molecule has 0 aliphatic rings. The number of H-pyrrole nitrogens is 1. The van der Waals surface area contributed by atoms with Crippen LogP contribution < -0.4 is 10.5 Å². The standard InChI is InChI=1S/C10H15N5O3S/c1-7-14-10(15-18-7)2-3-13-19(16,17)9-4-8(5-11)12-6-9/h4,6,12-13H,2-3,5,11H2,1H3. The van der Waals surface area contributed by atoms with Gasteiger partial charge in [0.2, 0.25) is 15.9 Å². The van der Waals surface area contributed by atoms with Crippen molar-refractivity contribution >= 4 is 10.0 Å². The first-order valence-electron chi connectivity index (χ1n) is 5.67. The van der Waals surface area contributed by atoms with Crippen LogP contribution in [0.25, 0.3) is 0 Å². The number of hydrogen-bond acceptors (Lipinski definition) is 6. The summed E-state index contributed by atoms with van der Waals surface area (Å²) in [6.07, 6.45) is 1.77. The molecule has 0 bridgehead atoms. The summed E-state index contributed by atoms with van der Waals surface area (Å²) in [5, 5.41) is 3.68. The van der Waals surface area contributed by atoms with Gasteiger partial charge in [-0.25, -0.2) is 13.1 Å². The number of nitrogens with one attached hydrogen (secondary N) is 2. The van der Waals surface area contributed by atoms with Crippen LogP contribution in [0.15, 0.2) is 21.7 Å². The Hall–Kier alpha value is -1.71. The first-order valence-corrected chi connectivity index (χ1v) is 7.16. The molecular weight excluding hydrogens is 270 g/mol. The maximum atomic E-state index is 11.9. The van der Waals surface area contributed by atoms with Gasteiger partial charge in [0.15, 0.2) is 5.82 Å². The van der Waals surface area contributed by atoms with Crippen LogP contribution >= 0.6 is 0 Å². The normalized spacial score (nSPS) is 11.9. The zero-order valence-electron chi connectivity index (χ0n) is 10.4. The molecule has 0 aliphatic carbocycles. The molecule has 0 spiro atoms. The van der Waals surface area contributed by atoms with Crippen LogP contribution in [-0.4, -0.2) is 30.1 Å². The van der Waals surface area contributed by atoms with Crippen molar-refractivity contribution < 1.29 is 12.9 Å². The highest BCUT2D eigenvalue weighted by atomic mass is 32.2. The minimum absolute atomic E-state index is 0.164. The van der Waals surface area contributed by atoms with Gasteiger partial charge in [-0.2, -0.15) is 4.98 Å². The predicted octanol–water partition coefficient (Wildman–Crippen LogP) is -0.314. The molecule has 2 aromatic heterocycles. The number of sulfonamides is 1. The lowest BCUT2D eigenvalue weighted by Crippen LogP contribution is -2.25. The number of aryl methyl sites for hydroxylation is 1. The lowest BCUT2D eigenvalue weighted by Gasteiger charge is -2.02. The third-order valence-electron chi connectivity index (χ3n) is 2.46. The fraction of sp³-hybridized carbons (Fsp3) is 0.400. The van der Waals surface area contributed by atoms with Gasteiger partial charge in [-0.1, -0.05) is 5.16 Å². The van der Waals surface area contributed by atoms with Crippen molar-refractivity contribution in [2.45, 2.75) is 24.8 Å². The van der Waals surface area contributed by atoms with Gasteiger partial charge < -0.3 is 15.2 Å². The second-order valence-corrected chi connectivity index (χ2v) is 5.71. The molecule has 0 saturated heterocycles. The van der Waals surface area contributed by atoms with Gasteiger partial charge in [-0.3, -0.25) is 0 Å². The summed E-state index contributed by atoms with van der Waals surface area (Å²) in [6.45, 7) is 2.14. The highest BCUT2D eigenvalue weighted by Crippen LogP contribution is 2.10. The maximum absolute atomic E-state index is 11.9. The zero-order valence-corrected chi connectivity index (χ0v) is 11.2.